The van der Waals surface area contributed by atoms with Gasteiger partial charge in [-0.05, 0) is 42.5 Å². The van der Waals surface area contributed by atoms with Crippen LogP contribution in [0.25, 0.3) is 11.0 Å². The lowest BCUT2D eigenvalue weighted by molar-refractivity contribution is 0.101. The Kier molecular flexibility index (Phi) is 5.21. The molecule has 0 fully saturated rings. The molecule has 1 nitrogen and oxygen atoms in total. The molecule has 20 heavy (non-hydrogen) atoms. The zero-order chi connectivity index (χ0) is 14.5. The van der Waals surface area contributed by atoms with E-state index in [-0.39, 0.29) is 5.78 Å². The molecule has 0 aromatic heterocycles. The van der Waals surface area contributed by atoms with Gasteiger partial charge in [0.05, 0.1) is 0 Å². The van der Waals surface area contributed by atoms with Gasteiger partial charge < -0.3 is 0 Å². The highest BCUT2D eigenvalue weighted by atomic mass is 79.9. The highest BCUT2D eigenvalue weighted by Crippen LogP contribution is 2.29. The molecule has 0 radical (unpaired) electrons. The second kappa shape index (κ2) is 6.91. The summed E-state index contributed by atoms with van der Waals surface area (Å²) in [6, 6.07) is 15.9. The van der Waals surface area contributed by atoms with E-state index in [1.54, 1.807) is 18.7 Å². The van der Waals surface area contributed by atoms with Gasteiger partial charge in [-0.25, -0.2) is 0 Å². The lowest BCUT2D eigenvalue weighted by Gasteiger charge is -2.07. The summed E-state index contributed by atoms with van der Waals surface area (Å²) in [7, 11) is 0. The molecule has 0 spiro atoms. The first-order valence-electron chi connectivity index (χ1n) is 6.23. The summed E-state index contributed by atoms with van der Waals surface area (Å²) < 4.78 is 1.06. The number of hydrogen-bond donors (Lipinski definition) is 0. The predicted molar refractivity (Wildman–Crippen MR) is 92.0 cm³/mol. The lowest BCUT2D eigenvalue weighted by Crippen LogP contribution is -1.95. The van der Waals surface area contributed by atoms with Crippen molar-refractivity contribution in [2.24, 2.45) is 0 Å². The van der Waals surface area contributed by atoms with E-state index < -0.39 is 0 Å². The van der Waals surface area contributed by atoms with Gasteiger partial charge in [-0.15, -0.1) is 11.8 Å². The van der Waals surface area contributed by atoms with Gasteiger partial charge >= 0.3 is 0 Å². The van der Waals surface area contributed by atoms with E-state index in [0.717, 1.165) is 26.1 Å². The number of ketones is 1. The summed E-state index contributed by atoms with van der Waals surface area (Å²) in [6.45, 7) is 1.60. The average molecular weight is 347 g/mol. The van der Waals surface area contributed by atoms with Crippen molar-refractivity contribution in [1.29, 1.82) is 0 Å². The van der Waals surface area contributed by atoms with Gasteiger partial charge in [0.2, 0.25) is 0 Å². The number of benzene rings is 2. The summed E-state index contributed by atoms with van der Waals surface area (Å²) in [4.78, 5) is 12.8. The van der Waals surface area contributed by atoms with Gasteiger partial charge in [0.25, 0.3) is 0 Å². The van der Waals surface area contributed by atoms with E-state index in [4.69, 9.17) is 0 Å². The molecule has 2 aromatic carbocycles. The van der Waals surface area contributed by atoms with Crippen molar-refractivity contribution in [2.75, 3.05) is 6.26 Å². The summed E-state index contributed by atoms with van der Waals surface area (Å²) >= 11 is 5.12. The fraction of sp³-hybridized carbons (Fsp3) is 0.118. The summed E-state index contributed by atoms with van der Waals surface area (Å²) in [5, 5.41) is 0. The number of carbonyl (C=O) groups excluding carboxylic acids is 1. The Labute approximate surface area is 132 Å². The van der Waals surface area contributed by atoms with Crippen LogP contribution >= 0.6 is 27.7 Å². The maximum atomic E-state index is 11.7. The van der Waals surface area contributed by atoms with Crippen LogP contribution in [0.3, 0.4) is 0 Å². The van der Waals surface area contributed by atoms with Crippen LogP contribution in [0.2, 0.25) is 0 Å². The minimum Gasteiger partial charge on any atom is -0.294 e. The molecule has 0 unspecified atom stereocenters. The molecule has 2 aromatic rings. The highest BCUT2D eigenvalue weighted by molar-refractivity contribution is 9.10. The van der Waals surface area contributed by atoms with Gasteiger partial charge in [-0.1, -0.05) is 52.3 Å². The number of Topliss-reactive ketones (excluding diaryl/α,β-unsaturated/α-hetero) is 1. The van der Waals surface area contributed by atoms with Crippen molar-refractivity contribution in [3.63, 3.8) is 0 Å². The molecule has 0 aliphatic rings. The molecule has 0 saturated carbocycles. The largest absolute Gasteiger partial charge is 0.294 e. The molecule has 0 bridgehead atoms. The molecule has 0 heterocycles. The smallest absolute Gasteiger partial charge is 0.160 e. The van der Waals surface area contributed by atoms with Crippen LogP contribution in [0.4, 0.5) is 0 Å². The van der Waals surface area contributed by atoms with E-state index in [2.05, 4.69) is 34.1 Å². The standard InChI is InChI=1S/C17H15BrOS/c1-12(19)16-6-4-3-5-14(16)11-17(20-2)13-7-9-15(18)10-8-13/h3-11H,1-2H3/b17-11+. The minimum absolute atomic E-state index is 0.0908. The van der Waals surface area contributed by atoms with Crippen LogP contribution in [0, 0.1) is 0 Å². The normalized spacial score (nSPS) is 11.4. The third-order valence-electron chi connectivity index (χ3n) is 2.98. The molecule has 0 atom stereocenters. The van der Waals surface area contributed by atoms with Crippen LogP contribution in [0.15, 0.2) is 53.0 Å². The fourth-order valence-corrected chi connectivity index (χ4v) is 2.84. The van der Waals surface area contributed by atoms with E-state index in [9.17, 15) is 4.79 Å². The monoisotopic (exact) mass is 346 g/mol. The first-order valence-corrected chi connectivity index (χ1v) is 8.25. The fourth-order valence-electron chi connectivity index (χ4n) is 1.96. The highest BCUT2D eigenvalue weighted by Gasteiger charge is 2.06. The lowest BCUT2D eigenvalue weighted by atomic mass is 10.0. The number of thioether (sulfide) groups is 1. The van der Waals surface area contributed by atoms with Crippen molar-refractivity contribution >= 4 is 44.5 Å². The Morgan fingerprint density at radius 2 is 1.75 bits per heavy atom. The SMILES string of the molecule is CS/C(=C/c1ccccc1C(C)=O)c1ccc(Br)cc1. The van der Waals surface area contributed by atoms with E-state index in [1.807, 2.05) is 42.7 Å². The maximum Gasteiger partial charge on any atom is 0.160 e. The van der Waals surface area contributed by atoms with Gasteiger partial charge in [0.1, 0.15) is 0 Å². The predicted octanol–water partition coefficient (Wildman–Crippen LogP) is 5.51. The van der Waals surface area contributed by atoms with Gasteiger partial charge in [-0.3, -0.25) is 4.79 Å². The minimum atomic E-state index is 0.0908. The Morgan fingerprint density at radius 3 is 2.35 bits per heavy atom. The molecule has 3 heteroatoms. The second-order valence-electron chi connectivity index (χ2n) is 4.36. The molecule has 0 aliphatic heterocycles. The molecule has 0 amide bonds. The van der Waals surface area contributed by atoms with Crippen LogP contribution < -0.4 is 0 Å². The third kappa shape index (κ3) is 3.62. The Hall–Kier alpha value is -1.32. The summed E-state index contributed by atoms with van der Waals surface area (Å²) in [6.07, 6.45) is 4.12. The first kappa shape index (κ1) is 15.1. The van der Waals surface area contributed by atoms with Crippen LogP contribution in [-0.4, -0.2) is 12.0 Å². The van der Waals surface area contributed by atoms with E-state index in [0.29, 0.717) is 0 Å². The van der Waals surface area contributed by atoms with Crippen molar-refractivity contribution in [1.82, 2.24) is 0 Å². The van der Waals surface area contributed by atoms with E-state index >= 15 is 0 Å². The number of carbonyl (C=O) groups is 1. The van der Waals surface area contributed by atoms with Gasteiger partial charge in [-0.2, -0.15) is 0 Å². The average Bonchev–Trinajstić information content (AvgIpc) is 2.46. The molecule has 0 saturated heterocycles. The maximum absolute atomic E-state index is 11.7. The molecule has 0 aliphatic carbocycles. The Balaban J connectivity index is 2.46. The zero-order valence-electron chi connectivity index (χ0n) is 11.4. The van der Waals surface area contributed by atoms with Gasteiger partial charge in [0, 0.05) is 14.9 Å². The third-order valence-corrected chi connectivity index (χ3v) is 4.30. The zero-order valence-corrected chi connectivity index (χ0v) is 13.8. The summed E-state index contributed by atoms with van der Waals surface area (Å²) in [5.41, 5.74) is 2.88. The molecular weight excluding hydrogens is 332 g/mol. The van der Waals surface area contributed by atoms with Gasteiger partial charge in [0.15, 0.2) is 5.78 Å². The van der Waals surface area contributed by atoms with Crippen LogP contribution in [0.1, 0.15) is 28.4 Å². The quantitative estimate of drug-likeness (QED) is 0.536. The Bertz CT molecular complexity index is 644. The summed E-state index contributed by atoms with van der Waals surface area (Å²) in [5.74, 6) is 0.0908. The molecule has 0 N–H and O–H groups in total. The number of halogens is 1. The van der Waals surface area contributed by atoms with Crippen LogP contribution in [0.5, 0.6) is 0 Å². The first-order chi connectivity index (χ1) is 9.61. The molecule has 2 rings (SSSR count). The van der Waals surface area contributed by atoms with Crippen molar-refractivity contribution in [2.45, 2.75) is 6.92 Å². The second-order valence-corrected chi connectivity index (χ2v) is 6.13. The van der Waals surface area contributed by atoms with E-state index in [1.165, 1.54) is 0 Å². The van der Waals surface area contributed by atoms with Crippen molar-refractivity contribution in [3.8, 4) is 0 Å². The molecule has 102 valence electrons. The number of rotatable bonds is 4. The Morgan fingerprint density at radius 1 is 1.10 bits per heavy atom. The number of hydrogen-bond acceptors (Lipinski definition) is 2. The molecular formula is C17H15BrOS. The van der Waals surface area contributed by atoms with Crippen LogP contribution in [-0.2, 0) is 0 Å². The van der Waals surface area contributed by atoms with Crippen molar-refractivity contribution in [3.05, 3.63) is 69.7 Å². The topological polar surface area (TPSA) is 17.1 Å². The van der Waals surface area contributed by atoms with Crippen molar-refractivity contribution < 1.29 is 4.79 Å².